The van der Waals surface area contributed by atoms with E-state index < -0.39 is 0 Å². The van der Waals surface area contributed by atoms with E-state index in [1.807, 2.05) is 0 Å². The minimum Gasteiger partial charge on any atom is -0.504 e. The summed E-state index contributed by atoms with van der Waals surface area (Å²) in [5.41, 5.74) is 0.484. The normalized spacial score (nSPS) is 11.1. The molecule has 1 aromatic rings. The average molecular weight is 433 g/mol. The van der Waals surface area contributed by atoms with Gasteiger partial charge < -0.3 is 10.2 Å². The van der Waals surface area contributed by atoms with Gasteiger partial charge in [-0.1, -0.05) is 122 Å². The van der Waals surface area contributed by atoms with Gasteiger partial charge in [-0.15, -0.1) is 0 Å². The van der Waals surface area contributed by atoms with Crippen LogP contribution in [0.2, 0.25) is 0 Å². The van der Waals surface area contributed by atoms with Gasteiger partial charge in [0.25, 0.3) is 0 Å². The second kappa shape index (κ2) is 19.2. The zero-order chi connectivity index (χ0) is 22.6. The molecule has 0 bridgehead atoms. The number of phenolic OH excluding ortho intramolecular Hbond substituents is 2. The first kappa shape index (κ1) is 27.5. The summed E-state index contributed by atoms with van der Waals surface area (Å²) in [5, 5.41) is 18.8. The zero-order valence-electron chi connectivity index (χ0n) is 20.2. The van der Waals surface area contributed by atoms with E-state index in [1.165, 1.54) is 121 Å². The van der Waals surface area contributed by atoms with Crippen LogP contribution in [-0.4, -0.2) is 16.0 Å². The lowest BCUT2D eigenvalue weighted by Gasteiger charge is -2.05. The van der Waals surface area contributed by atoms with Crippen molar-refractivity contribution >= 4 is 5.78 Å². The van der Waals surface area contributed by atoms with Gasteiger partial charge in [0.05, 0.1) is 0 Å². The van der Waals surface area contributed by atoms with Crippen LogP contribution in [0.5, 0.6) is 11.5 Å². The molecular formula is C28H48O3. The molecule has 0 heterocycles. The molecule has 178 valence electrons. The van der Waals surface area contributed by atoms with Crippen molar-refractivity contribution in [2.45, 2.75) is 135 Å². The fourth-order valence-corrected chi connectivity index (χ4v) is 4.21. The van der Waals surface area contributed by atoms with Crippen molar-refractivity contribution in [2.75, 3.05) is 0 Å². The molecule has 0 unspecified atom stereocenters. The van der Waals surface area contributed by atoms with E-state index in [1.54, 1.807) is 6.07 Å². The van der Waals surface area contributed by atoms with E-state index in [9.17, 15) is 15.0 Å². The van der Waals surface area contributed by atoms with E-state index in [-0.39, 0.29) is 17.3 Å². The smallest absolute Gasteiger partial charge is 0.163 e. The highest BCUT2D eigenvalue weighted by Crippen LogP contribution is 2.25. The molecule has 0 saturated carbocycles. The van der Waals surface area contributed by atoms with Gasteiger partial charge in [0.2, 0.25) is 0 Å². The maximum atomic E-state index is 12.1. The maximum absolute atomic E-state index is 12.1. The Bertz CT molecular complexity index is 567. The van der Waals surface area contributed by atoms with Crippen molar-refractivity contribution in [3.05, 3.63) is 23.8 Å². The highest BCUT2D eigenvalue weighted by molar-refractivity contribution is 5.96. The van der Waals surface area contributed by atoms with Crippen molar-refractivity contribution in [3.63, 3.8) is 0 Å². The number of hydrogen-bond acceptors (Lipinski definition) is 3. The molecule has 0 aliphatic carbocycles. The Hall–Kier alpha value is -1.51. The Morgan fingerprint density at radius 2 is 0.968 bits per heavy atom. The Labute approximate surface area is 191 Å². The number of aromatic hydroxyl groups is 2. The minimum atomic E-state index is -0.223. The number of phenols is 2. The summed E-state index contributed by atoms with van der Waals surface area (Å²) in [5.74, 6) is -0.360. The molecule has 0 fully saturated rings. The number of carbonyl (C=O) groups is 1. The van der Waals surface area contributed by atoms with Gasteiger partial charge in [-0.05, 0) is 24.6 Å². The predicted octanol–water partition coefficient (Wildman–Crippen LogP) is 9.10. The summed E-state index contributed by atoms with van der Waals surface area (Å²) in [6.07, 6.45) is 26.1. The second-order valence-corrected chi connectivity index (χ2v) is 9.24. The van der Waals surface area contributed by atoms with E-state index in [0.717, 1.165) is 12.8 Å². The largest absolute Gasteiger partial charge is 0.504 e. The Morgan fingerprint density at radius 1 is 0.581 bits per heavy atom. The second-order valence-electron chi connectivity index (χ2n) is 9.24. The van der Waals surface area contributed by atoms with Gasteiger partial charge in [-0.2, -0.15) is 0 Å². The van der Waals surface area contributed by atoms with Crippen LogP contribution in [0, 0.1) is 0 Å². The highest BCUT2D eigenvalue weighted by Gasteiger charge is 2.08. The Morgan fingerprint density at radius 3 is 1.35 bits per heavy atom. The summed E-state index contributed by atoms with van der Waals surface area (Å²) in [6, 6.07) is 4.30. The molecule has 0 radical (unpaired) electrons. The van der Waals surface area contributed by atoms with Gasteiger partial charge >= 0.3 is 0 Å². The van der Waals surface area contributed by atoms with Crippen LogP contribution >= 0.6 is 0 Å². The van der Waals surface area contributed by atoms with Gasteiger partial charge in [0.1, 0.15) is 0 Å². The van der Waals surface area contributed by atoms with E-state index in [0.29, 0.717) is 12.0 Å². The molecule has 0 aliphatic rings. The van der Waals surface area contributed by atoms with Crippen molar-refractivity contribution in [1.29, 1.82) is 0 Å². The number of unbranched alkanes of at least 4 members (excludes halogenated alkanes) is 18. The van der Waals surface area contributed by atoms with Gasteiger partial charge in [-0.25, -0.2) is 0 Å². The lowest BCUT2D eigenvalue weighted by molar-refractivity contribution is 0.0978. The summed E-state index contributed by atoms with van der Waals surface area (Å²) < 4.78 is 0. The SMILES string of the molecule is CCCCCCCCCCCCCCCCCCCCCC(=O)c1ccc(O)c(O)c1. The van der Waals surface area contributed by atoms with Crippen LogP contribution < -0.4 is 0 Å². The van der Waals surface area contributed by atoms with Gasteiger partial charge in [-0.3, -0.25) is 4.79 Å². The van der Waals surface area contributed by atoms with E-state index >= 15 is 0 Å². The molecule has 0 atom stereocenters. The van der Waals surface area contributed by atoms with E-state index in [4.69, 9.17) is 0 Å². The first-order chi connectivity index (χ1) is 15.1. The van der Waals surface area contributed by atoms with Crippen LogP contribution in [0.4, 0.5) is 0 Å². The number of ketones is 1. The van der Waals surface area contributed by atoms with E-state index in [2.05, 4.69) is 6.92 Å². The Balaban J connectivity index is 1.80. The molecule has 3 nitrogen and oxygen atoms in total. The molecule has 0 saturated heterocycles. The fourth-order valence-electron chi connectivity index (χ4n) is 4.21. The molecule has 1 rings (SSSR count). The summed E-state index contributed by atoms with van der Waals surface area (Å²) >= 11 is 0. The quantitative estimate of drug-likeness (QED) is 0.116. The first-order valence-corrected chi connectivity index (χ1v) is 13.2. The molecule has 0 spiro atoms. The van der Waals surface area contributed by atoms with Crippen molar-refractivity contribution in [1.82, 2.24) is 0 Å². The predicted molar refractivity (Wildman–Crippen MR) is 132 cm³/mol. The third-order valence-corrected chi connectivity index (χ3v) is 6.30. The first-order valence-electron chi connectivity index (χ1n) is 13.2. The molecule has 0 aromatic heterocycles. The third kappa shape index (κ3) is 15.0. The molecule has 2 N–H and O–H groups in total. The fraction of sp³-hybridized carbons (Fsp3) is 0.750. The number of carbonyl (C=O) groups excluding carboxylic acids is 1. The molecular weight excluding hydrogens is 384 g/mol. The number of benzene rings is 1. The van der Waals surface area contributed by atoms with Crippen LogP contribution in [0.1, 0.15) is 146 Å². The summed E-state index contributed by atoms with van der Waals surface area (Å²) in [4.78, 5) is 12.1. The van der Waals surface area contributed by atoms with Crippen molar-refractivity contribution in [3.8, 4) is 11.5 Å². The standard InChI is InChI=1S/C28H48O3/c1-2-3-4-5-6-7-8-9-10-11-12-13-14-15-16-17-18-19-20-21-26(29)25-22-23-27(30)28(31)24-25/h22-24,30-31H,2-21H2,1H3. The zero-order valence-corrected chi connectivity index (χ0v) is 20.2. The lowest BCUT2D eigenvalue weighted by atomic mass is 10.0. The number of rotatable bonds is 21. The maximum Gasteiger partial charge on any atom is 0.163 e. The minimum absolute atomic E-state index is 0.0438. The molecule has 0 amide bonds. The Kier molecular flexibility index (Phi) is 17.0. The number of hydrogen-bond donors (Lipinski definition) is 2. The molecule has 1 aromatic carbocycles. The number of Topliss-reactive ketones (excluding diaryl/α,β-unsaturated/α-hetero) is 1. The van der Waals surface area contributed by atoms with Crippen LogP contribution in [0.3, 0.4) is 0 Å². The summed E-state index contributed by atoms with van der Waals surface area (Å²) in [6.45, 7) is 2.28. The average Bonchev–Trinajstić information content (AvgIpc) is 2.77. The molecule has 3 heteroatoms. The summed E-state index contributed by atoms with van der Waals surface area (Å²) in [7, 11) is 0. The van der Waals surface area contributed by atoms with Crippen molar-refractivity contribution < 1.29 is 15.0 Å². The molecule has 31 heavy (non-hydrogen) atoms. The van der Waals surface area contributed by atoms with Crippen LogP contribution in [0.15, 0.2) is 18.2 Å². The monoisotopic (exact) mass is 432 g/mol. The lowest BCUT2D eigenvalue weighted by Crippen LogP contribution is -1.98. The van der Waals surface area contributed by atoms with Crippen molar-refractivity contribution in [2.24, 2.45) is 0 Å². The van der Waals surface area contributed by atoms with Crippen LogP contribution in [0.25, 0.3) is 0 Å². The van der Waals surface area contributed by atoms with Gasteiger partial charge in [0.15, 0.2) is 17.3 Å². The molecule has 0 aliphatic heterocycles. The topological polar surface area (TPSA) is 57.5 Å². The van der Waals surface area contributed by atoms with Crippen LogP contribution in [-0.2, 0) is 0 Å². The van der Waals surface area contributed by atoms with Gasteiger partial charge in [0, 0.05) is 12.0 Å². The third-order valence-electron chi connectivity index (χ3n) is 6.30. The highest BCUT2D eigenvalue weighted by atomic mass is 16.3.